The number of anilines is 1. The van der Waals surface area contributed by atoms with Crippen LogP contribution in [0.25, 0.3) is 10.9 Å². The van der Waals surface area contributed by atoms with Crippen molar-refractivity contribution in [2.75, 3.05) is 4.72 Å². The number of carbonyl (C=O) groups excluding carboxylic acids is 2. The lowest BCUT2D eigenvalue weighted by atomic mass is 10.1. The number of halogens is 1. The maximum absolute atomic E-state index is 12.4. The Labute approximate surface area is 196 Å². The first-order valence-electron chi connectivity index (χ1n) is 9.34. The zero-order chi connectivity index (χ0) is 22.7. The molecule has 8 nitrogen and oxygen atoms in total. The van der Waals surface area contributed by atoms with Gasteiger partial charge in [0.2, 0.25) is 5.91 Å². The van der Waals surface area contributed by atoms with Gasteiger partial charge in [0.25, 0.3) is 15.9 Å². The second-order valence-electron chi connectivity index (χ2n) is 6.78. The van der Waals surface area contributed by atoms with Gasteiger partial charge >= 0.3 is 0 Å². The minimum absolute atomic E-state index is 0.101. The smallest absolute Gasteiger partial charge is 0.271 e. The van der Waals surface area contributed by atoms with Crippen molar-refractivity contribution in [1.29, 1.82) is 0 Å². The van der Waals surface area contributed by atoms with Gasteiger partial charge in [-0.2, -0.15) is 0 Å². The van der Waals surface area contributed by atoms with Crippen LogP contribution in [0.2, 0.25) is 0 Å². The summed E-state index contributed by atoms with van der Waals surface area (Å²) in [4.78, 5) is 27.6. The average Bonchev–Trinajstić information content (AvgIpc) is 3.39. The molecule has 2 aromatic heterocycles. The summed E-state index contributed by atoms with van der Waals surface area (Å²) in [5.74, 6) is -0.886. The third kappa shape index (κ3) is 5.01. The maximum Gasteiger partial charge on any atom is 0.271 e. The van der Waals surface area contributed by atoms with Crippen LogP contribution in [0.1, 0.15) is 15.9 Å². The number of benzene rings is 2. The van der Waals surface area contributed by atoms with Crippen LogP contribution in [-0.4, -0.2) is 25.2 Å². The van der Waals surface area contributed by atoms with E-state index in [1.165, 1.54) is 30.3 Å². The van der Waals surface area contributed by atoms with E-state index in [9.17, 15) is 18.0 Å². The highest BCUT2D eigenvalue weighted by Gasteiger charge is 2.17. The van der Waals surface area contributed by atoms with Crippen LogP contribution in [-0.2, 0) is 21.2 Å². The molecule has 4 rings (SSSR count). The first-order valence-corrected chi connectivity index (χ1v) is 12.4. The van der Waals surface area contributed by atoms with Crippen LogP contribution < -0.4 is 15.6 Å². The number of hydrogen-bond acceptors (Lipinski definition) is 5. The molecule has 0 aliphatic rings. The van der Waals surface area contributed by atoms with E-state index in [4.69, 9.17) is 0 Å². The molecule has 0 spiro atoms. The Morgan fingerprint density at radius 2 is 1.72 bits per heavy atom. The molecular weight excluding hydrogens is 516 g/mol. The van der Waals surface area contributed by atoms with E-state index in [-0.39, 0.29) is 22.1 Å². The molecule has 164 valence electrons. The van der Waals surface area contributed by atoms with Gasteiger partial charge in [0.1, 0.15) is 4.21 Å². The van der Waals surface area contributed by atoms with Crippen molar-refractivity contribution in [2.45, 2.75) is 10.6 Å². The van der Waals surface area contributed by atoms with Gasteiger partial charge in [-0.05, 0) is 64.0 Å². The van der Waals surface area contributed by atoms with Gasteiger partial charge in [0.05, 0.1) is 10.2 Å². The molecule has 4 aromatic rings. The summed E-state index contributed by atoms with van der Waals surface area (Å²) in [5, 5.41) is 0.946. The van der Waals surface area contributed by atoms with Crippen LogP contribution in [0, 0.1) is 0 Å². The maximum atomic E-state index is 12.4. The molecule has 0 bridgehead atoms. The molecule has 2 heterocycles. The fraction of sp³-hybridized carbons (Fsp3) is 0.0476. The predicted molar refractivity (Wildman–Crippen MR) is 127 cm³/mol. The number of rotatable bonds is 6. The summed E-state index contributed by atoms with van der Waals surface area (Å²) in [6, 6.07) is 16.7. The van der Waals surface area contributed by atoms with Gasteiger partial charge in [0, 0.05) is 28.4 Å². The lowest BCUT2D eigenvalue weighted by molar-refractivity contribution is -0.121. The molecule has 32 heavy (non-hydrogen) atoms. The number of hydrogen-bond donors (Lipinski definition) is 4. The number of aromatic nitrogens is 1. The summed E-state index contributed by atoms with van der Waals surface area (Å²) >= 11 is 4.33. The molecule has 11 heteroatoms. The quantitative estimate of drug-likeness (QED) is 0.282. The number of nitrogens with one attached hydrogen (secondary N) is 4. The van der Waals surface area contributed by atoms with Gasteiger partial charge in [-0.3, -0.25) is 25.2 Å². The highest BCUT2D eigenvalue weighted by atomic mass is 79.9. The molecule has 0 saturated heterocycles. The van der Waals surface area contributed by atoms with E-state index in [2.05, 4.69) is 36.5 Å². The fourth-order valence-electron chi connectivity index (χ4n) is 3.03. The van der Waals surface area contributed by atoms with E-state index >= 15 is 0 Å². The highest BCUT2D eigenvalue weighted by Crippen LogP contribution is 2.27. The van der Waals surface area contributed by atoms with Crippen LogP contribution in [0.15, 0.2) is 74.9 Å². The number of carbonyl (C=O) groups is 2. The van der Waals surface area contributed by atoms with Gasteiger partial charge in [0.15, 0.2) is 0 Å². The lowest BCUT2D eigenvalue weighted by Gasteiger charge is -2.09. The third-order valence-corrected chi connectivity index (χ3v) is 8.05. The number of H-pyrrole nitrogens is 1. The zero-order valence-corrected chi connectivity index (χ0v) is 19.6. The number of fused-ring (bicyclic) bond motifs is 1. The third-order valence-electron chi connectivity index (χ3n) is 4.55. The largest absolute Gasteiger partial charge is 0.361 e. The van der Waals surface area contributed by atoms with Crippen LogP contribution in [0.3, 0.4) is 0 Å². The summed E-state index contributed by atoms with van der Waals surface area (Å²) < 4.78 is 28.1. The number of hydrazine groups is 1. The van der Waals surface area contributed by atoms with Crippen LogP contribution in [0.4, 0.5) is 5.69 Å². The normalized spacial score (nSPS) is 11.3. The number of amides is 2. The number of para-hydroxylation sites is 1. The molecular formula is C21H17BrN4O4S2. The van der Waals surface area contributed by atoms with Gasteiger partial charge < -0.3 is 4.98 Å². The van der Waals surface area contributed by atoms with Crippen LogP contribution >= 0.6 is 27.3 Å². The molecule has 0 unspecified atom stereocenters. The number of aromatic amines is 1. The van der Waals surface area contributed by atoms with Crippen molar-refractivity contribution < 1.29 is 18.0 Å². The Bertz CT molecular complexity index is 1390. The Morgan fingerprint density at radius 1 is 0.969 bits per heavy atom. The SMILES string of the molecule is O=C(Cc1c[nH]c2ccccc12)NNC(=O)c1ccc(NS(=O)(=O)c2ccc(Br)s2)cc1. The Morgan fingerprint density at radius 3 is 2.44 bits per heavy atom. The fourth-order valence-corrected chi connectivity index (χ4v) is 6.10. The van der Waals surface area contributed by atoms with E-state index in [1.54, 1.807) is 12.3 Å². The van der Waals surface area contributed by atoms with Crippen molar-refractivity contribution in [1.82, 2.24) is 15.8 Å². The monoisotopic (exact) mass is 532 g/mol. The van der Waals surface area contributed by atoms with Crippen molar-refractivity contribution in [2.24, 2.45) is 0 Å². The van der Waals surface area contributed by atoms with Gasteiger partial charge in [-0.25, -0.2) is 8.42 Å². The Balaban J connectivity index is 1.33. The molecule has 4 N–H and O–H groups in total. The zero-order valence-electron chi connectivity index (χ0n) is 16.4. The van der Waals surface area contributed by atoms with E-state index in [1.807, 2.05) is 24.3 Å². The van der Waals surface area contributed by atoms with Crippen molar-refractivity contribution in [3.8, 4) is 0 Å². The van der Waals surface area contributed by atoms with E-state index in [0.29, 0.717) is 9.47 Å². The molecule has 0 saturated carbocycles. The Kier molecular flexibility index (Phi) is 6.31. The summed E-state index contributed by atoms with van der Waals surface area (Å²) in [5.41, 5.74) is 7.09. The van der Waals surface area contributed by atoms with Gasteiger partial charge in [-0.15, -0.1) is 11.3 Å². The molecule has 2 aromatic carbocycles. The molecule has 0 aliphatic heterocycles. The van der Waals surface area contributed by atoms with Crippen LogP contribution in [0.5, 0.6) is 0 Å². The Hall–Kier alpha value is -3.15. The predicted octanol–water partition coefficient (Wildman–Crippen LogP) is 3.80. The van der Waals surface area contributed by atoms with Crippen molar-refractivity contribution in [3.05, 3.63) is 81.8 Å². The van der Waals surface area contributed by atoms with Crippen molar-refractivity contribution >= 4 is 65.7 Å². The highest BCUT2D eigenvalue weighted by molar-refractivity contribution is 9.11. The van der Waals surface area contributed by atoms with Crippen molar-refractivity contribution in [3.63, 3.8) is 0 Å². The topological polar surface area (TPSA) is 120 Å². The second kappa shape index (κ2) is 9.15. The first kappa shape index (κ1) is 22.1. The van der Waals surface area contributed by atoms with Gasteiger partial charge in [-0.1, -0.05) is 18.2 Å². The van der Waals surface area contributed by atoms with E-state index in [0.717, 1.165) is 27.8 Å². The summed E-state index contributed by atoms with van der Waals surface area (Å²) in [6.07, 6.45) is 1.87. The molecule has 0 fully saturated rings. The molecule has 0 radical (unpaired) electrons. The first-order chi connectivity index (χ1) is 15.3. The van der Waals surface area contributed by atoms with E-state index < -0.39 is 15.9 Å². The molecule has 2 amide bonds. The molecule has 0 atom stereocenters. The second-order valence-corrected chi connectivity index (χ2v) is 11.2. The average molecular weight is 533 g/mol. The number of thiophene rings is 1. The standard InChI is InChI=1S/C21H17BrN4O4S2/c22-18-9-10-20(31-18)32(29,30)26-15-7-5-13(6-8-15)21(28)25-24-19(27)11-14-12-23-17-4-2-1-3-16(14)17/h1-10,12,23,26H,11H2,(H,24,27)(H,25,28). The minimum Gasteiger partial charge on any atom is -0.361 e. The minimum atomic E-state index is -3.71. The summed E-state index contributed by atoms with van der Waals surface area (Å²) in [7, 11) is -3.71. The lowest BCUT2D eigenvalue weighted by Crippen LogP contribution is -2.42. The number of sulfonamides is 1. The summed E-state index contributed by atoms with van der Waals surface area (Å²) in [6.45, 7) is 0. The molecule has 0 aliphatic carbocycles.